The van der Waals surface area contributed by atoms with Crippen molar-refractivity contribution in [3.8, 4) is 0 Å². The lowest BCUT2D eigenvalue weighted by Crippen LogP contribution is -2.32. The van der Waals surface area contributed by atoms with E-state index in [1.807, 2.05) is 32.0 Å². The number of anilines is 1. The highest BCUT2D eigenvalue weighted by Gasteiger charge is 2.27. The fourth-order valence-corrected chi connectivity index (χ4v) is 3.91. The topological polar surface area (TPSA) is 69.6 Å². The third kappa shape index (κ3) is 3.75. The summed E-state index contributed by atoms with van der Waals surface area (Å²) in [6.45, 7) is 2.25. The van der Waals surface area contributed by atoms with Crippen LogP contribution in [0.4, 0.5) is 5.69 Å². The molecule has 2 N–H and O–H groups in total. The molecule has 118 valence electrons. The van der Waals surface area contributed by atoms with Crippen LogP contribution in [0.1, 0.15) is 24.8 Å². The van der Waals surface area contributed by atoms with Crippen molar-refractivity contribution in [3.05, 3.63) is 23.8 Å². The maximum absolute atomic E-state index is 12.4. The van der Waals surface area contributed by atoms with Gasteiger partial charge < -0.3 is 10.0 Å². The Morgan fingerprint density at radius 3 is 2.62 bits per heavy atom. The van der Waals surface area contributed by atoms with E-state index in [9.17, 15) is 13.5 Å². The first-order valence-corrected chi connectivity index (χ1v) is 8.75. The van der Waals surface area contributed by atoms with Gasteiger partial charge in [-0.05, 0) is 43.4 Å². The minimum atomic E-state index is -3.53. The Hall–Kier alpha value is -1.11. The van der Waals surface area contributed by atoms with E-state index < -0.39 is 10.0 Å². The highest BCUT2D eigenvalue weighted by molar-refractivity contribution is 7.89. The molecule has 5 nitrogen and oxygen atoms in total. The molecule has 1 aromatic carbocycles. The van der Waals surface area contributed by atoms with Crippen molar-refractivity contribution in [2.75, 3.05) is 25.5 Å². The van der Waals surface area contributed by atoms with Crippen molar-refractivity contribution < 1.29 is 13.5 Å². The van der Waals surface area contributed by atoms with Gasteiger partial charge >= 0.3 is 0 Å². The SMILES string of the molecule is Cc1ccc(S(=O)(=O)NC[C@H]2CCC[C@H]2O)cc1N(C)C. The Labute approximate surface area is 127 Å². The summed E-state index contributed by atoms with van der Waals surface area (Å²) in [5.74, 6) is 0.0264. The second kappa shape index (κ2) is 6.34. The average molecular weight is 312 g/mol. The normalized spacial score (nSPS) is 22.5. The Balaban J connectivity index is 2.14. The Morgan fingerprint density at radius 2 is 2.05 bits per heavy atom. The van der Waals surface area contributed by atoms with E-state index in [2.05, 4.69) is 4.72 Å². The number of rotatable bonds is 5. The van der Waals surface area contributed by atoms with Crippen molar-refractivity contribution in [1.29, 1.82) is 0 Å². The fraction of sp³-hybridized carbons (Fsp3) is 0.600. The smallest absolute Gasteiger partial charge is 0.240 e. The van der Waals surface area contributed by atoms with Gasteiger partial charge in [-0.2, -0.15) is 0 Å². The highest BCUT2D eigenvalue weighted by atomic mass is 32.2. The number of nitrogens with zero attached hydrogens (tertiary/aromatic N) is 1. The first kappa shape index (κ1) is 16.3. The van der Waals surface area contributed by atoms with Crippen LogP contribution in [0.3, 0.4) is 0 Å². The van der Waals surface area contributed by atoms with Gasteiger partial charge in [-0.3, -0.25) is 0 Å². The molecule has 1 fully saturated rings. The summed E-state index contributed by atoms with van der Waals surface area (Å²) in [6.07, 6.45) is 2.22. The van der Waals surface area contributed by atoms with E-state index in [4.69, 9.17) is 0 Å². The van der Waals surface area contributed by atoms with Crippen molar-refractivity contribution in [2.45, 2.75) is 37.2 Å². The summed E-state index contributed by atoms with van der Waals surface area (Å²) in [4.78, 5) is 2.17. The number of aliphatic hydroxyl groups is 1. The van der Waals surface area contributed by atoms with Crippen LogP contribution in [-0.2, 0) is 10.0 Å². The van der Waals surface area contributed by atoms with Crippen LogP contribution in [0.15, 0.2) is 23.1 Å². The molecule has 0 aromatic heterocycles. The molecule has 2 atom stereocenters. The van der Waals surface area contributed by atoms with Gasteiger partial charge in [0.1, 0.15) is 0 Å². The predicted octanol–water partition coefficient (Wildman–Crippen LogP) is 1.50. The highest BCUT2D eigenvalue weighted by Crippen LogP contribution is 2.26. The number of sulfonamides is 1. The molecule has 0 spiro atoms. The lowest BCUT2D eigenvalue weighted by atomic mass is 10.1. The van der Waals surface area contributed by atoms with Crippen LogP contribution in [0.5, 0.6) is 0 Å². The standard InChI is InChI=1S/C15H24N2O3S/c1-11-7-8-13(9-14(11)17(2)3)21(19,20)16-10-12-5-4-6-15(12)18/h7-9,12,15-16,18H,4-6,10H2,1-3H3/t12-,15-/m1/s1. The summed E-state index contributed by atoms with van der Waals surface area (Å²) in [5.41, 5.74) is 1.92. The lowest BCUT2D eigenvalue weighted by molar-refractivity contribution is 0.134. The van der Waals surface area contributed by atoms with Gasteiger partial charge in [0.05, 0.1) is 11.0 Å². The zero-order chi connectivity index (χ0) is 15.6. The number of aliphatic hydroxyl groups excluding tert-OH is 1. The van der Waals surface area contributed by atoms with Gasteiger partial charge in [0.15, 0.2) is 0 Å². The van der Waals surface area contributed by atoms with Crippen LogP contribution in [0.25, 0.3) is 0 Å². The molecule has 1 saturated carbocycles. The van der Waals surface area contributed by atoms with Gasteiger partial charge in [-0.25, -0.2) is 13.1 Å². The molecule has 1 aliphatic carbocycles. The molecule has 2 rings (SSSR count). The summed E-state index contributed by atoms with van der Waals surface area (Å²) in [7, 11) is 0.248. The van der Waals surface area contributed by atoms with Gasteiger partial charge in [-0.1, -0.05) is 12.5 Å². The van der Waals surface area contributed by atoms with Crippen molar-refractivity contribution in [1.82, 2.24) is 4.72 Å². The average Bonchev–Trinajstić information content (AvgIpc) is 2.82. The molecule has 0 aliphatic heterocycles. The minimum Gasteiger partial charge on any atom is -0.393 e. The first-order chi connectivity index (χ1) is 9.81. The third-order valence-corrected chi connectivity index (χ3v) is 5.55. The largest absolute Gasteiger partial charge is 0.393 e. The van der Waals surface area contributed by atoms with E-state index in [-0.39, 0.29) is 16.9 Å². The van der Waals surface area contributed by atoms with Gasteiger partial charge in [-0.15, -0.1) is 0 Å². The molecule has 1 aromatic rings. The van der Waals surface area contributed by atoms with E-state index in [1.165, 1.54) is 0 Å². The van der Waals surface area contributed by atoms with E-state index in [1.54, 1.807) is 12.1 Å². The van der Waals surface area contributed by atoms with Crippen LogP contribution < -0.4 is 9.62 Å². The summed E-state index contributed by atoms with van der Waals surface area (Å²) in [6, 6.07) is 5.12. The molecule has 0 radical (unpaired) electrons. The quantitative estimate of drug-likeness (QED) is 0.864. The predicted molar refractivity (Wildman–Crippen MR) is 84.0 cm³/mol. The summed E-state index contributed by atoms with van der Waals surface area (Å²) < 4.78 is 27.4. The van der Waals surface area contributed by atoms with Crippen LogP contribution in [-0.4, -0.2) is 40.3 Å². The number of aryl methyl sites for hydroxylation is 1. The third-order valence-electron chi connectivity index (χ3n) is 4.13. The number of hydrogen-bond acceptors (Lipinski definition) is 4. The second-order valence-electron chi connectivity index (χ2n) is 5.95. The first-order valence-electron chi connectivity index (χ1n) is 7.27. The van der Waals surface area contributed by atoms with Crippen LogP contribution in [0, 0.1) is 12.8 Å². The fourth-order valence-electron chi connectivity index (χ4n) is 2.79. The lowest BCUT2D eigenvalue weighted by Gasteiger charge is -2.18. The molecule has 0 amide bonds. The van der Waals surface area contributed by atoms with Crippen LogP contribution >= 0.6 is 0 Å². The zero-order valence-electron chi connectivity index (χ0n) is 12.8. The molecule has 0 saturated heterocycles. The molecule has 1 aliphatic rings. The number of nitrogens with one attached hydrogen (secondary N) is 1. The maximum Gasteiger partial charge on any atom is 0.240 e. The van der Waals surface area contributed by atoms with Crippen molar-refractivity contribution in [3.63, 3.8) is 0 Å². The monoisotopic (exact) mass is 312 g/mol. The molecule has 6 heteroatoms. The molecule has 0 unspecified atom stereocenters. The molecular weight excluding hydrogens is 288 g/mol. The van der Waals surface area contributed by atoms with Gasteiger partial charge in [0, 0.05) is 26.3 Å². The van der Waals surface area contributed by atoms with Crippen molar-refractivity contribution >= 4 is 15.7 Å². The molecule has 0 heterocycles. The minimum absolute atomic E-state index is 0.0264. The summed E-state index contributed by atoms with van der Waals surface area (Å²) >= 11 is 0. The summed E-state index contributed by atoms with van der Waals surface area (Å²) in [5, 5.41) is 9.77. The number of benzene rings is 1. The van der Waals surface area contributed by atoms with E-state index in [0.717, 1.165) is 30.5 Å². The number of hydrogen-bond donors (Lipinski definition) is 2. The van der Waals surface area contributed by atoms with Crippen molar-refractivity contribution in [2.24, 2.45) is 5.92 Å². The Kier molecular flexibility index (Phi) is 4.91. The van der Waals surface area contributed by atoms with E-state index >= 15 is 0 Å². The second-order valence-corrected chi connectivity index (χ2v) is 7.72. The Bertz CT molecular complexity index is 599. The van der Waals surface area contributed by atoms with Gasteiger partial charge in [0.25, 0.3) is 0 Å². The Morgan fingerprint density at radius 1 is 1.33 bits per heavy atom. The molecule has 0 bridgehead atoms. The van der Waals surface area contributed by atoms with Gasteiger partial charge in [0.2, 0.25) is 10.0 Å². The molecule has 21 heavy (non-hydrogen) atoms. The zero-order valence-corrected chi connectivity index (χ0v) is 13.7. The maximum atomic E-state index is 12.4. The van der Waals surface area contributed by atoms with Crippen LogP contribution in [0.2, 0.25) is 0 Å². The molecular formula is C15H24N2O3S. The van der Waals surface area contributed by atoms with E-state index in [0.29, 0.717) is 6.54 Å².